The summed E-state index contributed by atoms with van der Waals surface area (Å²) >= 11 is 0. The van der Waals surface area contributed by atoms with Crippen molar-refractivity contribution < 1.29 is 4.79 Å². The van der Waals surface area contributed by atoms with Crippen LogP contribution in [-0.2, 0) is 4.79 Å². The molecule has 1 aliphatic carbocycles. The van der Waals surface area contributed by atoms with Crippen molar-refractivity contribution in [2.75, 3.05) is 26.7 Å². The van der Waals surface area contributed by atoms with E-state index in [4.69, 9.17) is 5.73 Å². The molecule has 5 heteroatoms. The lowest BCUT2D eigenvalue weighted by atomic mass is 9.86. The van der Waals surface area contributed by atoms with Crippen LogP contribution in [-0.4, -0.2) is 43.4 Å². The first-order valence-electron chi connectivity index (χ1n) is 9.43. The van der Waals surface area contributed by atoms with Crippen molar-refractivity contribution in [1.29, 1.82) is 0 Å². The van der Waals surface area contributed by atoms with Crippen LogP contribution >= 0.6 is 0 Å². The summed E-state index contributed by atoms with van der Waals surface area (Å²) in [5, 5.41) is 3.51. The summed E-state index contributed by atoms with van der Waals surface area (Å²) in [5.41, 5.74) is 5.34. The first-order valence-corrected chi connectivity index (χ1v) is 9.43. The van der Waals surface area contributed by atoms with Crippen LogP contribution in [0, 0.1) is 11.8 Å². The maximum absolute atomic E-state index is 11.1. The highest BCUT2D eigenvalue weighted by atomic mass is 16.1. The second-order valence-electron chi connectivity index (χ2n) is 7.24. The Morgan fingerprint density at radius 3 is 2.61 bits per heavy atom. The van der Waals surface area contributed by atoms with Gasteiger partial charge in [0.2, 0.25) is 5.91 Å². The molecule has 0 aromatic heterocycles. The number of amides is 1. The average Bonchev–Trinajstić information content (AvgIpc) is 2.55. The van der Waals surface area contributed by atoms with Crippen LogP contribution in [0.4, 0.5) is 0 Å². The summed E-state index contributed by atoms with van der Waals surface area (Å²) in [6.07, 6.45) is 12.4. The average molecular weight is 322 g/mol. The lowest BCUT2D eigenvalue weighted by molar-refractivity contribution is -0.119. The smallest absolute Gasteiger partial charge is 0.217 e. The summed E-state index contributed by atoms with van der Waals surface area (Å²) in [5.74, 6) is 2.12. The first-order chi connectivity index (χ1) is 11.2. The Labute approximate surface area is 141 Å². The molecule has 2 rings (SSSR count). The zero-order valence-electron chi connectivity index (χ0n) is 14.7. The molecule has 2 aliphatic rings. The van der Waals surface area contributed by atoms with E-state index < -0.39 is 0 Å². The maximum atomic E-state index is 11.1. The molecule has 5 nitrogen and oxygen atoms in total. The fourth-order valence-corrected chi connectivity index (χ4v) is 4.11. The van der Waals surface area contributed by atoms with E-state index in [-0.39, 0.29) is 5.91 Å². The maximum Gasteiger partial charge on any atom is 0.217 e. The third kappa shape index (κ3) is 6.40. The molecule has 1 unspecified atom stereocenters. The van der Waals surface area contributed by atoms with E-state index in [2.05, 4.69) is 15.2 Å². The Bertz CT molecular complexity index is 390. The van der Waals surface area contributed by atoms with Gasteiger partial charge in [-0.15, -0.1) is 0 Å². The fraction of sp³-hybridized carbons (Fsp3) is 0.889. The third-order valence-corrected chi connectivity index (χ3v) is 5.32. The van der Waals surface area contributed by atoms with Crippen LogP contribution in [0.5, 0.6) is 0 Å². The SMILES string of the molecule is CN=C(NCCCC1CCCCC1)N1CCCC(CC(N)=O)C1. The molecule has 1 aliphatic heterocycles. The van der Waals surface area contributed by atoms with Gasteiger partial charge in [-0.05, 0) is 37.5 Å². The van der Waals surface area contributed by atoms with E-state index in [1.807, 2.05) is 7.05 Å². The third-order valence-electron chi connectivity index (χ3n) is 5.32. The predicted molar refractivity (Wildman–Crippen MR) is 95.3 cm³/mol. The van der Waals surface area contributed by atoms with Crippen LogP contribution in [0.1, 0.15) is 64.2 Å². The van der Waals surface area contributed by atoms with Gasteiger partial charge in [-0.25, -0.2) is 0 Å². The van der Waals surface area contributed by atoms with E-state index in [1.54, 1.807) is 0 Å². The van der Waals surface area contributed by atoms with Gasteiger partial charge in [-0.3, -0.25) is 9.79 Å². The molecule has 1 saturated carbocycles. The van der Waals surface area contributed by atoms with Crippen LogP contribution in [0.25, 0.3) is 0 Å². The topological polar surface area (TPSA) is 70.7 Å². The minimum atomic E-state index is -0.188. The van der Waals surface area contributed by atoms with Crippen molar-refractivity contribution in [3.8, 4) is 0 Å². The number of hydrogen-bond donors (Lipinski definition) is 2. The molecule has 0 bridgehead atoms. The van der Waals surface area contributed by atoms with Gasteiger partial charge in [0.15, 0.2) is 5.96 Å². The Hall–Kier alpha value is -1.26. The summed E-state index contributed by atoms with van der Waals surface area (Å²) in [4.78, 5) is 17.8. The van der Waals surface area contributed by atoms with E-state index in [1.165, 1.54) is 44.9 Å². The molecule has 3 N–H and O–H groups in total. The predicted octanol–water partition coefficient (Wildman–Crippen LogP) is 2.51. The molecule has 0 radical (unpaired) electrons. The number of piperidine rings is 1. The van der Waals surface area contributed by atoms with Gasteiger partial charge in [-0.2, -0.15) is 0 Å². The minimum Gasteiger partial charge on any atom is -0.370 e. The molecule has 0 aromatic carbocycles. The molecule has 1 amide bonds. The van der Waals surface area contributed by atoms with Crippen LogP contribution < -0.4 is 11.1 Å². The van der Waals surface area contributed by atoms with Crippen molar-refractivity contribution in [1.82, 2.24) is 10.2 Å². The van der Waals surface area contributed by atoms with Crippen molar-refractivity contribution in [3.63, 3.8) is 0 Å². The van der Waals surface area contributed by atoms with Crippen molar-refractivity contribution in [2.24, 2.45) is 22.6 Å². The van der Waals surface area contributed by atoms with Gasteiger partial charge < -0.3 is 16.0 Å². The molecule has 1 atom stereocenters. The van der Waals surface area contributed by atoms with E-state index in [0.717, 1.165) is 44.4 Å². The zero-order chi connectivity index (χ0) is 16.5. The monoisotopic (exact) mass is 322 g/mol. The van der Waals surface area contributed by atoms with Crippen molar-refractivity contribution >= 4 is 11.9 Å². The van der Waals surface area contributed by atoms with E-state index >= 15 is 0 Å². The molecule has 1 heterocycles. The number of likely N-dealkylation sites (tertiary alicyclic amines) is 1. The molecule has 23 heavy (non-hydrogen) atoms. The number of guanidine groups is 1. The zero-order valence-corrected chi connectivity index (χ0v) is 14.7. The number of hydrogen-bond acceptors (Lipinski definition) is 2. The van der Waals surface area contributed by atoms with Gasteiger partial charge >= 0.3 is 0 Å². The van der Waals surface area contributed by atoms with Crippen molar-refractivity contribution in [2.45, 2.75) is 64.2 Å². The molecule has 0 spiro atoms. The molecular weight excluding hydrogens is 288 g/mol. The van der Waals surface area contributed by atoms with Crippen LogP contribution in [0.3, 0.4) is 0 Å². The van der Waals surface area contributed by atoms with Gasteiger partial charge in [-0.1, -0.05) is 32.1 Å². The Morgan fingerprint density at radius 1 is 1.17 bits per heavy atom. The molecule has 0 aromatic rings. The van der Waals surface area contributed by atoms with Crippen molar-refractivity contribution in [3.05, 3.63) is 0 Å². The highest BCUT2D eigenvalue weighted by Gasteiger charge is 2.23. The highest BCUT2D eigenvalue weighted by molar-refractivity contribution is 5.80. The quantitative estimate of drug-likeness (QED) is 0.448. The number of primary amides is 1. The second-order valence-corrected chi connectivity index (χ2v) is 7.24. The molecule has 132 valence electrons. The first kappa shape index (κ1) is 18.1. The lowest BCUT2D eigenvalue weighted by Crippen LogP contribution is -2.47. The standard InChI is InChI=1S/C18H34N4O/c1-20-18(21-11-5-9-15-7-3-2-4-8-15)22-12-6-10-16(14-22)13-17(19)23/h15-16H,2-14H2,1H3,(H2,19,23)(H,20,21). The Morgan fingerprint density at radius 2 is 1.91 bits per heavy atom. The number of rotatable bonds is 6. The molecule has 2 fully saturated rings. The second kappa shape index (κ2) is 9.78. The Balaban J connectivity index is 1.68. The van der Waals surface area contributed by atoms with Gasteiger partial charge in [0.05, 0.1) is 0 Å². The normalized spacial score (nSPS) is 23.8. The number of carbonyl (C=O) groups excluding carboxylic acids is 1. The summed E-state index contributed by atoms with van der Waals surface area (Å²) < 4.78 is 0. The summed E-state index contributed by atoms with van der Waals surface area (Å²) in [7, 11) is 1.85. The largest absolute Gasteiger partial charge is 0.370 e. The number of nitrogens with zero attached hydrogens (tertiary/aromatic N) is 2. The van der Waals surface area contributed by atoms with Crippen LogP contribution in [0.2, 0.25) is 0 Å². The number of aliphatic imine (C=N–C) groups is 1. The lowest BCUT2D eigenvalue weighted by Gasteiger charge is -2.34. The van der Waals surface area contributed by atoms with E-state index in [9.17, 15) is 4.79 Å². The number of nitrogens with two attached hydrogens (primary N) is 1. The van der Waals surface area contributed by atoms with Crippen LogP contribution in [0.15, 0.2) is 4.99 Å². The summed E-state index contributed by atoms with van der Waals surface area (Å²) in [6.45, 7) is 2.92. The Kier molecular flexibility index (Phi) is 7.69. The van der Waals surface area contributed by atoms with Gasteiger partial charge in [0, 0.05) is 33.1 Å². The molecular formula is C18H34N4O. The molecule has 1 saturated heterocycles. The number of carbonyl (C=O) groups is 1. The van der Waals surface area contributed by atoms with E-state index in [0.29, 0.717) is 12.3 Å². The highest BCUT2D eigenvalue weighted by Crippen LogP contribution is 2.27. The number of nitrogens with one attached hydrogen (secondary N) is 1. The minimum absolute atomic E-state index is 0.188. The van der Waals surface area contributed by atoms with Gasteiger partial charge in [0.25, 0.3) is 0 Å². The fourth-order valence-electron chi connectivity index (χ4n) is 4.11. The summed E-state index contributed by atoms with van der Waals surface area (Å²) in [6, 6.07) is 0. The van der Waals surface area contributed by atoms with Gasteiger partial charge in [0.1, 0.15) is 0 Å².